The summed E-state index contributed by atoms with van der Waals surface area (Å²) in [5, 5.41) is 0. The zero-order valence-electron chi connectivity index (χ0n) is 20.8. The second kappa shape index (κ2) is 13.5. The lowest BCUT2D eigenvalue weighted by Gasteiger charge is -2.30. The molecule has 0 heterocycles. The molecular formula is C30H32O6. The van der Waals surface area contributed by atoms with Gasteiger partial charge >= 0.3 is 5.97 Å². The largest absolute Gasteiger partial charge is 0.460 e. The highest BCUT2D eigenvalue weighted by molar-refractivity contribution is 6.38. The first kappa shape index (κ1) is 27.0. The summed E-state index contributed by atoms with van der Waals surface area (Å²) in [5.41, 5.74) is 2.67. The molecule has 0 aliphatic carbocycles. The molecule has 188 valence electrons. The quantitative estimate of drug-likeness (QED) is 0.136. The molecule has 0 radical (unpaired) electrons. The van der Waals surface area contributed by atoms with Gasteiger partial charge in [0.05, 0.1) is 38.4 Å². The van der Waals surface area contributed by atoms with E-state index in [-0.39, 0.29) is 6.61 Å². The van der Waals surface area contributed by atoms with E-state index in [1.807, 2.05) is 73.7 Å². The zero-order valence-corrected chi connectivity index (χ0v) is 20.8. The van der Waals surface area contributed by atoms with Gasteiger partial charge < -0.3 is 14.2 Å². The molecule has 1 unspecified atom stereocenters. The lowest BCUT2D eigenvalue weighted by Crippen LogP contribution is -2.37. The van der Waals surface area contributed by atoms with Crippen molar-refractivity contribution in [1.82, 2.24) is 0 Å². The average molecular weight is 489 g/mol. The standard InChI is InChI=1S/C30H32O6/c1-3-35-29(33)28(32)18-27(31)26-16-10-15-25(17-26)19-30(2,36-21-24-13-8-5-9-14-24)22-34-20-23-11-6-4-7-12-23/h4-17H,3,18-22H2,1-2H3. The summed E-state index contributed by atoms with van der Waals surface area (Å²) in [6.07, 6.45) is -0.0359. The molecule has 6 nitrogen and oxygen atoms in total. The normalized spacial score (nSPS) is 12.5. The molecular weight excluding hydrogens is 456 g/mol. The molecule has 1 atom stereocenters. The van der Waals surface area contributed by atoms with Gasteiger partial charge in [-0.3, -0.25) is 9.59 Å². The first-order valence-corrected chi connectivity index (χ1v) is 12.0. The summed E-state index contributed by atoms with van der Waals surface area (Å²) in [6, 6.07) is 26.9. The van der Waals surface area contributed by atoms with Crippen LogP contribution in [0.2, 0.25) is 0 Å². The van der Waals surface area contributed by atoms with Crippen LogP contribution >= 0.6 is 0 Å². The van der Waals surface area contributed by atoms with Crippen molar-refractivity contribution in [2.24, 2.45) is 0 Å². The lowest BCUT2D eigenvalue weighted by molar-refractivity contribution is -0.153. The average Bonchev–Trinajstić information content (AvgIpc) is 2.89. The Hall–Kier alpha value is -3.61. The van der Waals surface area contributed by atoms with Gasteiger partial charge in [-0.1, -0.05) is 78.9 Å². The maximum absolute atomic E-state index is 12.6. The number of Topliss-reactive ketones (excluding diaryl/α,β-unsaturated/α-hetero) is 2. The van der Waals surface area contributed by atoms with Crippen LogP contribution in [0.5, 0.6) is 0 Å². The van der Waals surface area contributed by atoms with Crippen molar-refractivity contribution in [2.45, 2.75) is 45.5 Å². The Kier molecular flexibility index (Phi) is 10.1. The predicted octanol–water partition coefficient (Wildman–Crippen LogP) is 5.13. The fourth-order valence-electron chi connectivity index (χ4n) is 3.75. The second-order valence-electron chi connectivity index (χ2n) is 8.82. The summed E-state index contributed by atoms with van der Waals surface area (Å²) in [6.45, 7) is 4.89. The van der Waals surface area contributed by atoms with E-state index in [0.717, 1.165) is 16.7 Å². The van der Waals surface area contributed by atoms with Crippen LogP contribution in [0.1, 0.15) is 47.3 Å². The van der Waals surface area contributed by atoms with Crippen LogP contribution in [-0.4, -0.2) is 36.4 Å². The molecule has 0 aliphatic heterocycles. The van der Waals surface area contributed by atoms with Crippen LogP contribution < -0.4 is 0 Å². The van der Waals surface area contributed by atoms with Crippen LogP contribution in [0.4, 0.5) is 0 Å². The second-order valence-corrected chi connectivity index (χ2v) is 8.82. The Morgan fingerprint density at radius 3 is 2.03 bits per heavy atom. The number of hydrogen-bond acceptors (Lipinski definition) is 6. The summed E-state index contributed by atoms with van der Waals surface area (Å²) in [5.74, 6) is -2.26. The van der Waals surface area contributed by atoms with Crippen molar-refractivity contribution in [2.75, 3.05) is 13.2 Å². The van der Waals surface area contributed by atoms with Gasteiger partial charge in [0, 0.05) is 12.0 Å². The molecule has 0 amide bonds. The van der Waals surface area contributed by atoms with Gasteiger partial charge in [-0.25, -0.2) is 4.79 Å². The molecule has 0 saturated heterocycles. The molecule has 36 heavy (non-hydrogen) atoms. The Morgan fingerprint density at radius 1 is 0.778 bits per heavy atom. The number of rotatable bonds is 14. The Labute approximate surface area is 212 Å². The Morgan fingerprint density at radius 2 is 1.39 bits per heavy atom. The molecule has 0 bridgehead atoms. The van der Waals surface area contributed by atoms with E-state index in [1.54, 1.807) is 25.1 Å². The molecule has 0 aromatic heterocycles. The van der Waals surface area contributed by atoms with Crippen LogP contribution in [0.25, 0.3) is 0 Å². The van der Waals surface area contributed by atoms with Crippen LogP contribution in [0.3, 0.4) is 0 Å². The van der Waals surface area contributed by atoms with Gasteiger partial charge in [-0.05, 0) is 36.6 Å². The highest BCUT2D eigenvalue weighted by Gasteiger charge is 2.27. The highest BCUT2D eigenvalue weighted by Crippen LogP contribution is 2.22. The van der Waals surface area contributed by atoms with Crippen molar-refractivity contribution in [3.63, 3.8) is 0 Å². The monoisotopic (exact) mass is 488 g/mol. The molecule has 0 saturated carbocycles. The van der Waals surface area contributed by atoms with Gasteiger partial charge in [-0.2, -0.15) is 0 Å². The van der Waals surface area contributed by atoms with E-state index < -0.39 is 29.6 Å². The van der Waals surface area contributed by atoms with E-state index >= 15 is 0 Å². The number of hydrogen-bond donors (Lipinski definition) is 0. The molecule has 0 N–H and O–H groups in total. The van der Waals surface area contributed by atoms with E-state index in [4.69, 9.17) is 14.2 Å². The van der Waals surface area contributed by atoms with Crippen molar-refractivity contribution >= 4 is 17.5 Å². The number of benzene rings is 3. The Bertz CT molecular complexity index is 1140. The fraction of sp³-hybridized carbons (Fsp3) is 0.300. The zero-order chi connectivity index (χ0) is 25.8. The molecule has 6 heteroatoms. The third-order valence-corrected chi connectivity index (χ3v) is 5.60. The third kappa shape index (κ3) is 8.56. The molecule has 3 aromatic carbocycles. The number of esters is 1. The molecule has 0 aliphatic rings. The summed E-state index contributed by atoms with van der Waals surface area (Å²) < 4.78 is 17.1. The topological polar surface area (TPSA) is 78.9 Å². The SMILES string of the molecule is CCOC(=O)C(=O)CC(=O)c1cccc(CC(C)(COCc2ccccc2)OCc2ccccc2)c1. The predicted molar refractivity (Wildman–Crippen MR) is 136 cm³/mol. The molecule has 3 aromatic rings. The number of ether oxygens (including phenoxy) is 3. The molecule has 3 rings (SSSR count). The minimum absolute atomic E-state index is 0.0855. The smallest absolute Gasteiger partial charge is 0.375 e. The van der Waals surface area contributed by atoms with Crippen molar-refractivity contribution in [3.8, 4) is 0 Å². The van der Waals surface area contributed by atoms with Crippen LogP contribution in [-0.2, 0) is 43.4 Å². The van der Waals surface area contributed by atoms with Gasteiger partial charge in [-0.15, -0.1) is 0 Å². The molecule has 0 fully saturated rings. The third-order valence-electron chi connectivity index (χ3n) is 5.60. The van der Waals surface area contributed by atoms with E-state index in [1.165, 1.54) is 0 Å². The molecule has 0 spiro atoms. The van der Waals surface area contributed by atoms with E-state index in [2.05, 4.69) is 0 Å². The fourth-order valence-corrected chi connectivity index (χ4v) is 3.75. The van der Waals surface area contributed by atoms with E-state index in [9.17, 15) is 14.4 Å². The Balaban J connectivity index is 1.70. The highest BCUT2D eigenvalue weighted by atomic mass is 16.5. The maximum Gasteiger partial charge on any atom is 0.375 e. The van der Waals surface area contributed by atoms with Crippen LogP contribution in [0, 0.1) is 0 Å². The number of ketones is 2. The summed E-state index contributed by atoms with van der Waals surface area (Å²) in [4.78, 5) is 36.2. The minimum Gasteiger partial charge on any atom is -0.460 e. The maximum atomic E-state index is 12.6. The van der Waals surface area contributed by atoms with Crippen molar-refractivity contribution in [1.29, 1.82) is 0 Å². The van der Waals surface area contributed by atoms with Crippen LogP contribution in [0.15, 0.2) is 84.9 Å². The van der Waals surface area contributed by atoms with Crippen molar-refractivity contribution < 1.29 is 28.6 Å². The summed E-state index contributed by atoms with van der Waals surface area (Å²) >= 11 is 0. The number of carbonyl (C=O) groups excluding carboxylic acids is 3. The van der Waals surface area contributed by atoms with Gasteiger partial charge in [0.1, 0.15) is 0 Å². The van der Waals surface area contributed by atoms with Crippen molar-refractivity contribution in [3.05, 3.63) is 107 Å². The number of carbonyl (C=O) groups is 3. The lowest BCUT2D eigenvalue weighted by atomic mass is 9.94. The van der Waals surface area contributed by atoms with Gasteiger partial charge in [0.15, 0.2) is 5.78 Å². The van der Waals surface area contributed by atoms with Gasteiger partial charge in [0.2, 0.25) is 5.78 Å². The first-order valence-electron chi connectivity index (χ1n) is 12.0. The minimum atomic E-state index is -0.987. The van der Waals surface area contributed by atoms with E-state index in [0.29, 0.717) is 31.8 Å². The summed E-state index contributed by atoms with van der Waals surface area (Å²) in [7, 11) is 0. The van der Waals surface area contributed by atoms with Gasteiger partial charge in [0.25, 0.3) is 0 Å². The first-order chi connectivity index (χ1) is 17.4.